The lowest BCUT2D eigenvalue weighted by Crippen LogP contribution is -2.09. The number of rotatable bonds is 6. The second-order valence-corrected chi connectivity index (χ2v) is 4.43. The largest absolute Gasteiger partial charge is 0.480 e. The maximum Gasteiger partial charge on any atom is 0.336 e. The fraction of sp³-hybridized carbons (Fsp3) is 0.125. The van der Waals surface area contributed by atoms with Crippen LogP contribution in [0.1, 0.15) is 15.9 Å². The smallest absolute Gasteiger partial charge is 0.336 e. The first-order valence-electron chi connectivity index (χ1n) is 6.29. The third kappa shape index (κ3) is 3.90. The second-order valence-electron chi connectivity index (χ2n) is 4.43. The normalized spacial score (nSPS) is 10.3. The molecule has 0 aromatic heterocycles. The molecule has 0 heterocycles. The molecule has 0 fully saturated rings. The molecule has 0 saturated heterocycles. The molecule has 21 heavy (non-hydrogen) atoms. The van der Waals surface area contributed by atoms with Crippen LogP contribution in [0.15, 0.2) is 48.5 Å². The van der Waals surface area contributed by atoms with Gasteiger partial charge in [-0.05, 0) is 28.8 Å². The molecular weight excluding hydrogens is 272 g/mol. The highest BCUT2D eigenvalue weighted by Crippen LogP contribution is 2.23. The number of benzene rings is 2. The van der Waals surface area contributed by atoms with Gasteiger partial charge in [-0.25, -0.2) is 9.59 Å². The SMILES string of the molecule is O=C(O)COCc1cc(-c2ccccc2)ccc1C(=O)O. The summed E-state index contributed by atoms with van der Waals surface area (Å²) in [4.78, 5) is 21.7. The van der Waals surface area contributed by atoms with E-state index in [0.29, 0.717) is 5.56 Å². The maximum absolute atomic E-state index is 11.2. The molecule has 5 heteroatoms. The lowest BCUT2D eigenvalue weighted by atomic mass is 9.99. The number of ether oxygens (including phenoxy) is 1. The number of aromatic carboxylic acids is 1. The Labute approximate surface area is 121 Å². The van der Waals surface area contributed by atoms with E-state index in [1.807, 2.05) is 30.3 Å². The zero-order valence-corrected chi connectivity index (χ0v) is 11.2. The molecule has 0 unspecified atom stereocenters. The first kappa shape index (κ1) is 14.7. The second kappa shape index (κ2) is 6.67. The molecule has 2 aromatic carbocycles. The van der Waals surface area contributed by atoms with Crippen LogP contribution >= 0.6 is 0 Å². The van der Waals surface area contributed by atoms with Crippen LogP contribution in [-0.2, 0) is 16.1 Å². The van der Waals surface area contributed by atoms with Gasteiger partial charge in [0, 0.05) is 0 Å². The lowest BCUT2D eigenvalue weighted by molar-refractivity contribution is -0.142. The van der Waals surface area contributed by atoms with Crippen LogP contribution in [-0.4, -0.2) is 28.8 Å². The Hall–Kier alpha value is -2.66. The Morgan fingerprint density at radius 3 is 2.29 bits per heavy atom. The van der Waals surface area contributed by atoms with E-state index in [1.165, 1.54) is 6.07 Å². The maximum atomic E-state index is 11.2. The van der Waals surface area contributed by atoms with Gasteiger partial charge in [-0.3, -0.25) is 0 Å². The molecule has 2 N–H and O–H groups in total. The summed E-state index contributed by atoms with van der Waals surface area (Å²) in [6.45, 7) is -0.525. The molecule has 0 aliphatic heterocycles. The van der Waals surface area contributed by atoms with Crippen LogP contribution in [0.2, 0.25) is 0 Å². The Bertz CT molecular complexity index is 649. The van der Waals surface area contributed by atoms with Crippen molar-refractivity contribution in [3.63, 3.8) is 0 Å². The van der Waals surface area contributed by atoms with Crippen LogP contribution in [0.4, 0.5) is 0 Å². The van der Waals surface area contributed by atoms with Gasteiger partial charge >= 0.3 is 11.9 Å². The number of carboxylic acid groups (broad SMARTS) is 2. The summed E-state index contributed by atoms with van der Waals surface area (Å²) in [6.07, 6.45) is 0. The van der Waals surface area contributed by atoms with E-state index >= 15 is 0 Å². The minimum atomic E-state index is -1.09. The van der Waals surface area contributed by atoms with Crippen molar-refractivity contribution >= 4 is 11.9 Å². The standard InChI is InChI=1S/C16H14O5/c17-15(18)10-21-9-13-8-12(6-7-14(13)16(19)20)11-4-2-1-3-5-11/h1-8H,9-10H2,(H,17,18)(H,19,20). The van der Waals surface area contributed by atoms with Crippen LogP contribution < -0.4 is 0 Å². The molecule has 0 amide bonds. The molecule has 2 aromatic rings. The van der Waals surface area contributed by atoms with Crippen molar-refractivity contribution < 1.29 is 24.5 Å². The van der Waals surface area contributed by atoms with Crippen LogP contribution in [0.5, 0.6) is 0 Å². The van der Waals surface area contributed by atoms with Crippen molar-refractivity contribution in [2.45, 2.75) is 6.61 Å². The van der Waals surface area contributed by atoms with E-state index in [0.717, 1.165) is 11.1 Å². The van der Waals surface area contributed by atoms with E-state index in [9.17, 15) is 9.59 Å². The van der Waals surface area contributed by atoms with Crippen molar-refractivity contribution in [1.82, 2.24) is 0 Å². The van der Waals surface area contributed by atoms with Gasteiger partial charge in [0.1, 0.15) is 6.61 Å². The van der Waals surface area contributed by atoms with Crippen LogP contribution in [0.3, 0.4) is 0 Å². The minimum absolute atomic E-state index is 0.0609. The molecule has 108 valence electrons. The van der Waals surface area contributed by atoms with E-state index in [2.05, 4.69) is 0 Å². The summed E-state index contributed by atoms with van der Waals surface area (Å²) in [5.74, 6) is -2.16. The van der Waals surface area contributed by atoms with E-state index < -0.39 is 18.5 Å². The fourth-order valence-corrected chi connectivity index (χ4v) is 1.98. The molecular formula is C16H14O5. The molecule has 0 saturated carbocycles. The van der Waals surface area contributed by atoms with Gasteiger partial charge in [-0.15, -0.1) is 0 Å². The molecule has 2 rings (SSSR count). The van der Waals surface area contributed by atoms with Crippen molar-refractivity contribution in [2.24, 2.45) is 0 Å². The van der Waals surface area contributed by atoms with Gasteiger partial charge in [0.2, 0.25) is 0 Å². The van der Waals surface area contributed by atoms with Gasteiger partial charge < -0.3 is 14.9 Å². The number of carbonyl (C=O) groups is 2. The lowest BCUT2D eigenvalue weighted by Gasteiger charge is -2.09. The van der Waals surface area contributed by atoms with E-state index in [4.69, 9.17) is 14.9 Å². The van der Waals surface area contributed by atoms with Gasteiger partial charge in [-0.1, -0.05) is 36.4 Å². The highest BCUT2D eigenvalue weighted by Gasteiger charge is 2.12. The highest BCUT2D eigenvalue weighted by molar-refractivity contribution is 5.90. The van der Waals surface area contributed by atoms with E-state index in [1.54, 1.807) is 12.1 Å². The summed E-state index contributed by atoms with van der Waals surface area (Å²) in [6, 6.07) is 14.4. The molecule has 0 atom stereocenters. The van der Waals surface area contributed by atoms with Crippen molar-refractivity contribution in [3.8, 4) is 11.1 Å². The Morgan fingerprint density at radius 1 is 0.952 bits per heavy atom. The summed E-state index contributed by atoms with van der Waals surface area (Å²) in [5, 5.41) is 17.7. The van der Waals surface area contributed by atoms with Crippen molar-refractivity contribution in [3.05, 3.63) is 59.7 Å². The summed E-state index contributed by atoms with van der Waals surface area (Å²) in [7, 11) is 0. The van der Waals surface area contributed by atoms with E-state index in [-0.39, 0.29) is 12.2 Å². The molecule has 0 aliphatic carbocycles. The number of hydrogen-bond donors (Lipinski definition) is 2. The zero-order valence-electron chi connectivity index (χ0n) is 11.2. The number of carboxylic acids is 2. The van der Waals surface area contributed by atoms with Gasteiger partial charge in [0.15, 0.2) is 0 Å². The third-order valence-electron chi connectivity index (χ3n) is 2.93. The summed E-state index contributed by atoms with van der Waals surface area (Å²) < 4.78 is 5.00. The molecule has 0 spiro atoms. The predicted molar refractivity (Wildman–Crippen MR) is 76.1 cm³/mol. The van der Waals surface area contributed by atoms with Gasteiger partial charge in [0.05, 0.1) is 12.2 Å². The molecule has 0 bridgehead atoms. The minimum Gasteiger partial charge on any atom is -0.480 e. The van der Waals surface area contributed by atoms with Crippen molar-refractivity contribution in [1.29, 1.82) is 0 Å². The summed E-state index contributed by atoms with van der Waals surface area (Å²) >= 11 is 0. The monoisotopic (exact) mass is 286 g/mol. The number of hydrogen-bond acceptors (Lipinski definition) is 3. The van der Waals surface area contributed by atoms with Crippen molar-refractivity contribution in [2.75, 3.05) is 6.61 Å². The molecule has 5 nitrogen and oxygen atoms in total. The highest BCUT2D eigenvalue weighted by atomic mass is 16.5. The van der Waals surface area contributed by atoms with Crippen LogP contribution in [0.25, 0.3) is 11.1 Å². The van der Waals surface area contributed by atoms with Gasteiger partial charge in [0.25, 0.3) is 0 Å². The predicted octanol–water partition coefficient (Wildman–Crippen LogP) is 2.65. The zero-order chi connectivity index (χ0) is 15.2. The quantitative estimate of drug-likeness (QED) is 0.852. The molecule has 0 radical (unpaired) electrons. The Balaban J connectivity index is 2.30. The Morgan fingerprint density at radius 2 is 1.67 bits per heavy atom. The average Bonchev–Trinajstić information content (AvgIpc) is 2.47. The topological polar surface area (TPSA) is 83.8 Å². The number of aliphatic carboxylic acids is 1. The fourth-order valence-electron chi connectivity index (χ4n) is 1.98. The first-order chi connectivity index (χ1) is 10.1. The first-order valence-corrected chi connectivity index (χ1v) is 6.29. The molecule has 0 aliphatic rings. The Kier molecular flexibility index (Phi) is 4.68. The van der Waals surface area contributed by atoms with Gasteiger partial charge in [-0.2, -0.15) is 0 Å². The summed E-state index contributed by atoms with van der Waals surface area (Å²) in [5.41, 5.74) is 2.37. The van der Waals surface area contributed by atoms with Crippen LogP contribution in [0, 0.1) is 0 Å². The third-order valence-corrected chi connectivity index (χ3v) is 2.93. The average molecular weight is 286 g/mol.